The van der Waals surface area contributed by atoms with Gasteiger partial charge in [-0.1, -0.05) is 11.6 Å². The molecule has 1 saturated heterocycles. The summed E-state index contributed by atoms with van der Waals surface area (Å²) in [7, 11) is 0. The van der Waals surface area contributed by atoms with Crippen LogP contribution in [0, 0.1) is 10.1 Å². The molecule has 0 saturated carbocycles. The summed E-state index contributed by atoms with van der Waals surface area (Å²) in [4.78, 5) is 10.5. The minimum Gasteiger partial charge on any atom is -0.377 e. The zero-order valence-corrected chi connectivity index (χ0v) is 10.7. The zero-order valence-electron chi connectivity index (χ0n) is 9.89. The lowest BCUT2D eigenvalue weighted by Crippen LogP contribution is -2.26. The first-order valence-corrected chi connectivity index (χ1v) is 6.30. The molecule has 1 atom stereocenters. The predicted octanol–water partition coefficient (Wildman–Crippen LogP) is 2.52. The molecule has 0 bridgehead atoms. The Morgan fingerprint density at radius 3 is 3.06 bits per heavy atom. The molecule has 1 N–H and O–H groups in total. The Hall–Kier alpha value is -1.17. The fourth-order valence-electron chi connectivity index (χ4n) is 2.03. The van der Waals surface area contributed by atoms with Gasteiger partial charge in [-0.3, -0.25) is 10.1 Å². The molecule has 1 aromatic carbocycles. The van der Waals surface area contributed by atoms with E-state index in [-0.39, 0.29) is 11.8 Å². The Balaban J connectivity index is 1.93. The molecule has 1 aromatic rings. The molecular formula is C12H15ClN2O3. The normalized spacial score (nSPS) is 19.1. The van der Waals surface area contributed by atoms with E-state index in [1.54, 1.807) is 12.1 Å². The van der Waals surface area contributed by atoms with Crippen LogP contribution in [0.1, 0.15) is 18.4 Å². The van der Waals surface area contributed by atoms with E-state index in [9.17, 15) is 10.1 Å². The number of nitro groups is 1. The van der Waals surface area contributed by atoms with E-state index in [0.29, 0.717) is 17.1 Å². The van der Waals surface area contributed by atoms with Gasteiger partial charge in [0.2, 0.25) is 0 Å². The van der Waals surface area contributed by atoms with Crippen molar-refractivity contribution in [1.82, 2.24) is 5.32 Å². The minimum absolute atomic E-state index is 0.0577. The first-order valence-electron chi connectivity index (χ1n) is 5.92. The summed E-state index contributed by atoms with van der Waals surface area (Å²) in [5.74, 6) is 0. The van der Waals surface area contributed by atoms with Gasteiger partial charge in [0.25, 0.3) is 5.69 Å². The third kappa shape index (κ3) is 3.41. The molecule has 1 unspecified atom stereocenters. The Bertz CT molecular complexity index is 433. The van der Waals surface area contributed by atoms with E-state index in [1.165, 1.54) is 6.07 Å². The molecule has 1 heterocycles. The molecule has 1 aliphatic heterocycles. The van der Waals surface area contributed by atoms with Gasteiger partial charge in [-0.15, -0.1) is 0 Å². The second-order valence-electron chi connectivity index (χ2n) is 4.30. The summed E-state index contributed by atoms with van der Waals surface area (Å²) in [6, 6.07) is 4.73. The van der Waals surface area contributed by atoms with Gasteiger partial charge in [-0.2, -0.15) is 0 Å². The molecule has 2 rings (SSSR count). The number of nitrogens with zero attached hydrogens (tertiary/aromatic N) is 1. The monoisotopic (exact) mass is 270 g/mol. The van der Waals surface area contributed by atoms with Crippen molar-refractivity contribution in [2.24, 2.45) is 0 Å². The van der Waals surface area contributed by atoms with Crippen LogP contribution in [0.15, 0.2) is 18.2 Å². The van der Waals surface area contributed by atoms with Crippen molar-refractivity contribution in [2.45, 2.75) is 25.5 Å². The van der Waals surface area contributed by atoms with E-state index in [1.807, 2.05) is 0 Å². The van der Waals surface area contributed by atoms with E-state index in [4.69, 9.17) is 16.3 Å². The molecular weight excluding hydrogens is 256 g/mol. The van der Waals surface area contributed by atoms with Gasteiger partial charge in [0.1, 0.15) is 0 Å². The van der Waals surface area contributed by atoms with Crippen molar-refractivity contribution >= 4 is 17.3 Å². The lowest BCUT2D eigenvalue weighted by molar-refractivity contribution is -0.385. The van der Waals surface area contributed by atoms with Crippen LogP contribution in [-0.2, 0) is 11.3 Å². The fraction of sp³-hybridized carbons (Fsp3) is 0.500. The maximum absolute atomic E-state index is 10.9. The largest absolute Gasteiger partial charge is 0.377 e. The highest BCUT2D eigenvalue weighted by atomic mass is 35.5. The van der Waals surface area contributed by atoms with Crippen LogP contribution in [0.5, 0.6) is 0 Å². The van der Waals surface area contributed by atoms with E-state index in [0.717, 1.165) is 26.0 Å². The van der Waals surface area contributed by atoms with E-state index in [2.05, 4.69) is 5.32 Å². The van der Waals surface area contributed by atoms with Gasteiger partial charge in [0.15, 0.2) is 0 Å². The zero-order chi connectivity index (χ0) is 13.0. The molecule has 18 heavy (non-hydrogen) atoms. The summed E-state index contributed by atoms with van der Waals surface area (Å²) < 4.78 is 5.47. The lowest BCUT2D eigenvalue weighted by atomic mass is 10.1. The Labute approximate surface area is 110 Å². The molecule has 98 valence electrons. The predicted molar refractivity (Wildman–Crippen MR) is 68.8 cm³/mol. The molecule has 1 fully saturated rings. The summed E-state index contributed by atoms with van der Waals surface area (Å²) >= 11 is 5.75. The third-order valence-corrected chi connectivity index (χ3v) is 3.19. The van der Waals surface area contributed by atoms with E-state index >= 15 is 0 Å². The lowest BCUT2D eigenvalue weighted by Gasteiger charge is -2.10. The SMILES string of the molecule is O=[N+]([O-])c1cc(Cl)ccc1CNCC1CCCO1. The Morgan fingerprint density at radius 1 is 1.56 bits per heavy atom. The topological polar surface area (TPSA) is 64.4 Å². The first kappa shape index (κ1) is 13.3. The summed E-state index contributed by atoms with van der Waals surface area (Å²) in [5.41, 5.74) is 0.699. The first-order chi connectivity index (χ1) is 8.66. The quantitative estimate of drug-likeness (QED) is 0.660. The second kappa shape index (κ2) is 6.13. The standard InChI is InChI=1S/C12H15ClN2O3/c13-10-4-3-9(12(6-10)15(16)17)7-14-8-11-2-1-5-18-11/h3-4,6,11,14H,1-2,5,7-8H2. The van der Waals surface area contributed by atoms with Crippen molar-refractivity contribution in [3.63, 3.8) is 0 Å². The molecule has 0 aliphatic carbocycles. The van der Waals surface area contributed by atoms with Gasteiger partial charge in [-0.25, -0.2) is 0 Å². The summed E-state index contributed by atoms with van der Waals surface area (Å²) in [6.07, 6.45) is 2.37. The number of halogens is 1. The second-order valence-corrected chi connectivity index (χ2v) is 4.73. The number of hydrogen-bond donors (Lipinski definition) is 1. The molecule has 6 heteroatoms. The number of hydrogen-bond acceptors (Lipinski definition) is 4. The average molecular weight is 271 g/mol. The molecule has 0 radical (unpaired) electrons. The van der Waals surface area contributed by atoms with Gasteiger partial charge in [0.05, 0.1) is 11.0 Å². The van der Waals surface area contributed by atoms with Crippen molar-refractivity contribution in [3.05, 3.63) is 38.9 Å². The maximum atomic E-state index is 10.9. The maximum Gasteiger partial charge on any atom is 0.275 e. The van der Waals surface area contributed by atoms with Crippen molar-refractivity contribution < 1.29 is 9.66 Å². The van der Waals surface area contributed by atoms with Gasteiger partial charge < -0.3 is 10.1 Å². The molecule has 1 aliphatic rings. The summed E-state index contributed by atoms with van der Waals surface area (Å²) in [5, 5.41) is 14.5. The van der Waals surface area contributed by atoms with Crippen LogP contribution >= 0.6 is 11.6 Å². The van der Waals surface area contributed by atoms with Crippen LogP contribution in [-0.4, -0.2) is 24.2 Å². The Morgan fingerprint density at radius 2 is 2.39 bits per heavy atom. The minimum atomic E-state index is -0.408. The highest BCUT2D eigenvalue weighted by molar-refractivity contribution is 6.30. The Kier molecular flexibility index (Phi) is 4.52. The highest BCUT2D eigenvalue weighted by Gasteiger charge is 2.17. The number of benzene rings is 1. The number of nitrogens with one attached hydrogen (secondary N) is 1. The van der Waals surface area contributed by atoms with Crippen LogP contribution in [0.3, 0.4) is 0 Å². The van der Waals surface area contributed by atoms with Crippen LogP contribution in [0.2, 0.25) is 5.02 Å². The van der Waals surface area contributed by atoms with Gasteiger partial charge in [0, 0.05) is 36.3 Å². The molecule has 0 aromatic heterocycles. The molecule has 5 nitrogen and oxygen atoms in total. The number of nitro benzene ring substituents is 1. The van der Waals surface area contributed by atoms with Crippen molar-refractivity contribution in [2.75, 3.05) is 13.2 Å². The van der Waals surface area contributed by atoms with Crippen LogP contribution in [0.25, 0.3) is 0 Å². The van der Waals surface area contributed by atoms with Crippen LogP contribution in [0.4, 0.5) is 5.69 Å². The van der Waals surface area contributed by atoms with Crippen molar-refractivity contribution in [1.29, 1.82) is 0 Å². The van der Waals surface area contributed by atoms with Crippen molar-refractivity contribution in [3.8, 4) is 0 Å². The number of rotatable bonds is 5. The number of ether oxygens (including phenoxy) is 1. The van der Waals surface area contributed by atoms with E-state index < -0.39 is 4.92 Å². The fourth-order valence-corrected chi connectivity index (χ4v) is 2.20. The molecule has 0 spiro atoms. The van der Waals surface area contributed by atoms with Crippen LogP contribution < -0.4 is 5.32 Å². The molecule has 0 amide bonds. The van der Waals surface area contributed by atoms with Gasteiger partial charge in [-0.05, 0) is 25.0 Å². The smallest absolute Gasteiger partial charge is 0.275 e. The summed E-state index contributed by atoms with van der Waals surface area (Å²) in [6.45, 7) is 1.99. The average Bonchev–Trinajstić information content (AvgIpc) is 2.84. The highest BCUT2D eigenvalue weighted by Crippen LogP contribution is 2.23. The van der Waals surface area contributed by atoms with Gasteiger partial charge >= 0.3 is 0 Å². The third-order valence-electron chi connectivity index (χ3n) is 2.96.